The van der Waals surface area contributed by atoms with Gasteiger partial charge in [-0.3, -0.25) is 9.69 Å². The zero-order valence-corrected chi connectivity index (χ0v) is 11.9. The van der Waals surface area contributed by atoms with Crippen LogP contribution in [-0.2, 0) is 9.53 Å². The first-order valence-electron chi connectivity index (χ1n) is 6.18. The van der Waals surface area contributed by atoms with Gasteiger partial charge in [-0.25, -0.2) is 4.79 Å². The van der Waals surface area contributed by atoms with E-state index in [4.69, 9.17) is 16.3 Å². The molecular weight excluding hydrogens is 256 g/mol. The lowest BCUT2D eigenvalue weighted by Gasteiger charge is -2.27. The number of likely N-dealkylation sites (tertiary alicyclic amines) is 1. The third kappa shape index (κ3) is 4.37. The molecule has 18 heavy (non-hydrogen) atoms. The van der Waals surface area contributed by atoms with E-state index < -0.39 is 17.7 Å². The summed E-state index contributed by atoms with van der Waals surface area (Å²) in [6.07, 6.45) is 1.07. The maximum absolute atomic E-state index is 11.9. The van der Waals surface area contributed by atoms with E-state index in [0.29, 0.717) is 25.4 Å². The molecule has 1 aliphatic rings. The summed E-state index contributed by atoms with van der Waals surface area (Å²) in [7, 11) is 0. The van der Waals surface area contributed by atoms with Gasteiger partial charge in [-0.1, -0.05) is 0 Å². The SMILES string of the molecule is CC(C)(C)OC(=O)N1CCC[C@@H]1C(=O)NCCCl. The van der Waals surface area contributed by atoms with E-state index in [1.165, 1.54) is 4.90 Å². The zero-order chi connectivity index (χ0) is 13.8. The third-order valence-corrected chi connectivity index (χ3v) is 2.77. The summed E-state index contributed by atoms with van der Waals surface area (Å²) in [6.45, 7) is 6.41. The maximum Gasteiger partial charge on any atom is 0.410 e. The van der Waals surface area contributed by atoms with Crippen molar-refractivity contribution in [3.63, 3.8) is 0 Å². The molecule has 0 bridgehead atoms. The van der Waals surface area contributed by atoms with Crippen LogP contribution in [0.2, 0.25) is 0 Å². The Bertz CT molecular complexity index is 315. The van der Waals surface area contributed by atoms with Crippen LogP contribution in [-0.4, -0.2) is 47.5 Å². The second-order valence-corrected chi connectivity index (χ2v) is 5.69. The van der Waals surface area contributed by atoms with Crippen LogP contribution in [0.1, 0.15) is 33.6 Å². The number of alkyl halides is 1. The van der Waals surface area contributed by atoms with Crippen molar-refractivity contribution in [3.8, 4) is 0 Å². The molecule has 0 aromatic rings. The van der Waals surface area contributed by atoms with Crippen LogP contribution in [0.3, 0.4) is 0 Å². The molecule has 0 spiro atoms. The first kappa shape index (κ1) is 15.1. The Balaban J connectivity index is 2.59. The summed E-state index contributed by atoms with van der Waals surface area (Å²) in [5, 5.41) is 2.70. The third-order valence-electron chi connectivity index (χ3n) is 2.58. The topological polar surface area (TPSA) is 58.6 Å². The maximum atomic E-state index is 11.9. The van der Waals surface area contributed by atoms with Crippen LogP contribution in [0.25, 0.3) is 0 Å². The number of nitrogens with zero attached hydrogens (tertiary/aromatic N) is 1. The number of nitrogens with one attached hydrogen (secondary N) is 1. The summed E-state index contributed by atoms with van der Waals surface area (Å²) in [4.78, 5) is 25.3. The largest absolute Gasteiger partial charge is 0.444 e. The molecule has 104 valence electrons. The lowest BCUT2D eigenvalue weighted by atomic mass is 10.2. The molecule has 0 radical (unpaired) electrons. The van der Waals surface area contributed by atoms with Crippen molar-refractivity contribution >= 4 is 23.6 Å². The highest BCUT2D eigenvalue weighted by atomic mass is 35.5. The van der Waals surface area contributed by atoms with E-state index in [1.54, 1.807) is 0 Å². The summed E-state index contributed by atoms with van der Waals surface area (Å²) in [6, 6.07) is -0.428. The normalized spacial score (nSPS) is 19.8. The minimum Gasteiger partial charge on any atom is -0.444 e. The molecule has 1 atom stereocenters. The standard InChI is InChI=1S/C12H21ClN2O3/c1-12(2,3)18-11(17)15-8-4-5-9(15)10(16)14-7-6-13/h9H,4-8H2,1-3H3,(H,14,16)/t9-/m1/s1. The molecule has 5 nitrogen and oxygen atoms in total. The van der Waals surface area contributed by atoms with Crippen LogP contribution in [0, 0.1) is 0 Å². The molecule has 0 saturated carbocycles. The predicted octanol–water partition coefficient (Wildman–Crippen LogP) is 1.74. The van der Waals surface area contributed by atoms with Gasteiger partial charge in [-0.15, -0.1) is 11.6 Å². The second-order valence-electron chi connectivity index (χ2n) is 5.31. The average Bonchev–Trinajstić information content (AvgIpc) is 2.72. The van der Waals surface area contributed by atoms with Crippen molar-refractivity contribution in [1.29, 1.82) is 0 Å². The number of carbonyl (C=O) groups is 2. The van der Waals surface area contributed by atoms with Crippen LogP contribution in [0.15, 0.2) is 0 Å². The Morgan fingerprint density at radius 2 is 2.11 bits per heavy atom. The Morgan fingerprint density at radius 1 is 1.44 bits per heavy atom. The Kier molecular flexibility index (Phi) is 5.26. The number of hydrogen-bond acceptors (Lipinski definition) is 3. The predicted molar refractivity (Wildman–Crippen MR) is 69.7 cm³/mol. The molecule has 0 unspecified atom stereocenters. The van der Waals surface area contributed by atoms with Crippen LogP contribution in [0.4, 0.5) is 4.79 Å². The highest BCUT2D eigenvalue weighted by Crippen LogP contribution is 2.20. The van der Waals surface area contributed by atoms with Crippen LogP contribution < -0.4 is 5.32 Å². The highest BCUT2D eigenvalue weighted by molar-refractivity contribution is 6.18. The molecule has 0 aliphatic carbocycles. The zero-order valence-electron chi connectivity index (χ0n) is 11.2. The number of hydrogen-bond donors (Lipinski definition) is 1. The van der Waals surface area contributed by atoms with E-state index in [1.807, 2.05) is 20.8 Å². The Labute approximate surface area is 113 Å². The minimum absolute atomic E-state index is 0.154. The van der Waals surface area contributed by atoms with Gasteiger partial charge in [0.15, 0.2) is 0 Å². The lowest BCUT2D eigenvalue weighted by molar-refractivity contribution is -0.125. The van der Waals surface area contributed by atoms with Gasteiger partial charge < -0.3 is 10.1 Å². The lowest BCUT2D eigenvalue weighted by Crippen LogP contribution is -2.47. The van der Waals surface area contributed by atoms with Gasteiger partial charge in [-0.2, -0.15) is 0 Å². The van der Waals surface area contributed by atoms with E-state index in [2.05, 4.69) is 5.32 Å². The van der Waals surface area contributed by atoms with E-state index in [9.17, 15) is 9.59 Å². The summed E-state index contributed by atoms with van der Waals surface area (Å²) in [5.74, 6) is 0.212. The molecular formula is C12H21ClN2O3. The summed E-state index contributed by atoms with van der Waals surface area (Å²) in [5.41, 5.74) is -0.545. The number of amides is 2. The average molecular weight is 277 g/mol. The van der Waals surface area contributed by atoms with Gasteiger partial charge in [0.25, 0.3) is 0 Å². The summed E-state index contributed by atoms with van der Waals surface area (Å²) < 4.78 is 5.29. The molecule has 1 rings (SSSR count). The van der Waals surface area contributed by atoms with Crippen molar-refractivity contribution in [2.24, 2.45) is 0 Å². The first-order chi connectivity index (χ1) is 8.35. The summed E-state index contributed by atoms with van der Waals surface area (Å²) >= 11 is 5.52. The van der Waals surface area contributed by atoms with Crippen LogP contribution in [0.5, 0.6) is 0 Å². The van der Waals surface area contributed by atoms with Crippen molar-refractivity contribution in [3.05, 3.63) is 0 Å². The first-order valence-corrected chi connectivity index (χ1v) is 6.72. The number of halogens is 1. The molecule has 2 amide bonds. The van der Waals surface area contributed by atoms with E-state index in [0.717, 1.165) is 6.42 Å². The van der Waals surface area contributed by atoms with Crippen molar-refractivity contribution in [1.82, 2.24) is 10.2 Å². The molecule has 1 fully saturated rings. The Morgan fingerprint density at radius 3 is 2.67 bits per heavy atom. The quantitative estimate of drug-likeness (QED) is 0.799. The van der Waals surface area contributed by atoms with Gasteiger partial charge in [0.2, 0.25) is 5.91 Å². The van der Waals surface area contributed by atoms with Gasteiger partial charge >= 0.3 is 6.09 Å². The Hall–Kier alpha value is -0.970. The molecule has 6 heteroatoms. The second kappa shape index (κ2) is 6.27. The molecule has 0 aromatic heterocycles. The molecule has 0 aromatic carbocycles. The van der Waals surface area contributed by atoms with Gasteiger partial charge in [0.1, 0.15) is 11.6 Å². The fourth-order valence-electron chi connectivity index (χ4n) is 1.87. The molecule has 1 saturated heterocycles. The molecule has 1 N–H and O–H groups in total. The van der Waals surface area contributed by atoms with E-state index in [-0.39, 0.29) is 5.91 Å². The molecule has 1 aliphatic heterocycles. The fraction of sp³-hybridized carbons (Fsp3) is 0.833. The van der Waals surface area contributed by atoms with Gasteiger partial charge in [-0.05, 0) is 33.6 Å². The van der Waals surface area contributed by atoms with Crippen molar-refractivity contribution in [2.45, 2.75) is 45.3 Å². The van der Waals surface area contributed by atoms with Gasteiger partial charge in [0, 0.05) is 19.0 Å². The van der Waals surface area contributed by atoms with Crippen molar-refractivity contribution in [2.75, 3.05) is 19.0 Å². The van der Waals surface area contributed by atoms with Crippen LogP contribution >= 0.6 is 11.6 Å². The highest BCUT2D eigenvalue weighted by Gasteiger charge is 2.36. The number of rotatable bonds is 3. The smallest absolute Gasteiger partial charge is 0.410 e. The van der Waals surface area contributed by atoms with E-state index >= 15 is 0 Å². The number of ether oxygens (including phenoxy) is 1. The van der Waals surface area contributed by atoms with Gasteiger partial charge in [0.05, 0.1) is 0 Å². The van der Waals surface area contributed by atoms with Crippen molar-refractivity contribution < 1.29 is 14.3 Å². The molecule has 1 heterocycles. The monoisotopic (exact) mass is 276 g/mol. The minimum atomic E-state index is -0.545. The fourth-order valence-corrected chi connectivity index (χ4v) is 1.96. The number of carbonyl (C=O) groups excluding carboxylic acids is 2.